The zero-order valence-electron chi connectivity index (χ0n) is 9.23. The van der Waals surface area contributed by atoms with Gasteiger partial charge in [-0.15, -0.1) is 0 Å². The molecule has 0 spiro atoms. The van der Waals surface area contributed by atoms with Crippen molar-refractivity contribution in [3.63, 3.8) is 0 Å². The predicted molar refractivity (Wildman–Crippen MR) is 61.2 cm³/mol. The number of hydrogen-bond donors (Lipinski definition) is 0. The molecule has 0 N–H and O–H groups in total. The first kappa shape index (κ1) is 10.7. The van der Waals surface area contributed by atoms with Crippen LogP contribution in [0, 0.1) is 0 Å². The summed E-state index contributed by atoms with van der Waals surface area (Å²) in [5, 5.41) is 0. The summed E-state index contributed by atoms with van der Waals surface area (Å²) in [5.41, 5.74) is 2.15. The van der Waals surface area contributed by atoms with E-state index in [0.29, 0.717) is 13.0 Å². The number of esters is 1. The number of carbonyl (C=O) groups is 1. The van der Waals surface area contributed by atoms with Gasteiger partial charge in [-0.25, -0.2) is 0 Å². The molecule has 3 nitrogen and oxygen atoms in total. The molecule has 1 heterocycles. The molecule has 1 aliphatic rings. The maximum atomic E-state index is 10.9. The Morgan fingerprint density at radius 3 is 2.81 bits per heavy atom. The Labute approximate surface area is 94.7 Å². The lowest BCUT2D eigenvalue weighted by Gasteiger charge is -2.14. The summed E-state index contributed by atoms with van der Waals surface area (Å²) in [7, 11) is 1.65. The Morgan fingerprint density at radius 2 is 2.12 bits per heavy atom. The Hall–Kier alpha value is -1.77. The summed E-state index contributed by atoms with van der Waals surface area (Å²) in [5.74, 6) is 0.726. The average Bonchev–Trinajstić information content (AvgIpc) is 2.33. The lowest BCUT2D eigenvalue weighted by atomic mass is 10.0. The van der Waals surface area contributed by atoms with Crippen molar-refractivity contribution in [2.24, 2.45) is 0 Å². The van der Waals surface area contributed by atoms with Gasteiger partial charge in [-0.05, 0) is 24.1 Å². The first-order chi connectivity index (χ1) is 7.79. The van der Waals surface area contributed by atoms with E-state index in [1.165, 1.54) is 0 Å². The van der Waals surface area contributed by atoms with Gasteiger partial charge in [0.1, 0.15) is 12.4 Å². The van der Waals surface area contributed by atoms with E-state index >= 15 is 0 Å². The molecule has 0 saturated carbocycles. The molecule has 84 valence electrons. The van der Waals surface area contributed by atoms with Crippen LogP contribution in [-0.2, 0) is 9.53 Å². The molecule has 0 unspecified atom stereocenters. The fourth-order valence-electron chi connectivity index (χ4n) is 1.70. The van der Waals surface area contributed by atoms with E-state index in [2.05, 4.69) is 0 Å². The highest BCUT2D eigenvalue weighted by atomic mass is 16.5. The number of methoxy groups -OCH3 is 1. The maximum Gasteiger partial charge on any atom is 0.306 e. The van der Waals surface area contributed by atoms with Crippen molar-refractivity contribution in [1.82, 2.24) is 0 Å². The highest BCUT2D eigenvalue weighted by Gasteiger charge is 2.13. The van der Waals surface area contributed by atoms with Crippen molar-refractivity contribution in [2.45, 2.75) is 12.8 Å². The molecule has 1 saturated heterocycles. The lowest BCUT2D eigenvalue weighted by Crippen LogP contribution is -2.14. The normalized spacial score (nSPS) is 18.3. The minimum Gasteiger partial charge on any atom is -0.496 e. The summed E-state index contributed by atoms with van der Waals surface area (Å²) < 4.78 is 10.2. The summed E-state index contributed by atoms with van der Waals surface area (Å²) >= 11 is 0. The van der Waals surface area contributed by atoms with Gasteiger partial charge >= 0.3 is 5.97 Å². The van der Waals surface area contributed by atoms with Gasteiger partial charge in [0.2, 0.25) is 0 Å². The van der Waals surface area contributed by atoms with Gasteiger partial charge in [0, 0.05) is 12.0 Å². The molecule has 1 aromatic carbocycles. The van der Waals surface area contributed by atoms with Crippen LogP contribution in [0.15, 0.2) is 29.8 Å². The third-order valence-corrected chi connectivity index (χ3v) is 2.57. The number of hydrogen-bond acceptors (Lipinski definition) is 3. The van der Waals surface area contributed by atoms with Crippen LogP contribution >= 0.6 is 0 Å². The Bertz CT molecular complexity index is 409. The summed E-state index contributed by atoms with van der Waals surface area (Å²) in [4.78, 5) is 10.9. The third kappa shape index (κ3) is 2.42. The van der Waals surface area contributed by atoms with Crippen molar-refractivity contribution >= 4 is 12.0 Å². The average molecular weight is 218 g/mol. The lowest BCUT2D eigenvalue weighted by molar-refractivity contribution is -0.144. The van der Waals surface area contributed by atoms with Gasteiger partial charge in [-0.3, -0.25) is 4.79 Å². The molecular formula is C13H14O3. The smallest absolute Gasteiger partial charge is 0.306 e. The van der Waals surface area contributed by atoms with Crippen molar-refractivity contribution < 1.29 is 14.3 Å². The Morgan fingerprint density at radius 1 is 1.31 bits per heavy atom. The second kappa shape index (κ2) is 4.84. The molecule has 0 aromatic heterocycles. The molecule has 16 heavy (non-hydrogen) atoms. The van der Waals surface area contributed by atoms with E-state index in [4.69, 9.17) is 9.47 Å². The number of carbonyl (C=O) groups excluding carboxylic acids is 1. The Kier molecular flexibility index (Phi) is 3.25. The van der Waals surface area contributed by atoms with Crippen LogP contribution in [0.4, 0.5) is 0 Å². The highest BCUT2D eigenvalue weighted by molar-refractivity contribution is 5.72. The van der Waals surface area contributed by atoms with Crippen LogP contribution in [0.1, 0.15) is 18.4 Å². The monoisotopic (exact) mass is 218 g/mol. The van der Waals surface area contributed by atoms with Crippen LogP contribution < -0.4 is 4.74 Å². The number of cyclic esters (lactones) is 1. The third-order valence-electron chi connectivity index (χ3n) is 2.57. The fraction of sp³-hybridized carbons (Fsp3) is 0.308. The van der Waals surface area contributed by atoms with E-state index in [1.807, 2.05) is 30.3 Å². The minimum atomic E-state index is -0.114. The topological polar surface area (TPSA) is 35.5 Å². The molecule has 0 radical (unpaired) electrons. The molecular weight excluding hydrogens is 204 g/mol. The molecule has 1 fully saturated rings. The van der Waals surface area contributed by atoms with Crippen LogP contribution in [0.3, 0.4) is 0 Å². The van der Waals surface area contributed by atoms with Gasteiger partial charge in [-0.1, -0.05) is 18.2 Å². The van der Waals surface area contributed by atoms with Gasteiger partial charge in [0.05, 0.1) is 7.11 Å². The van der Waals surface area contributed by atoms with Crippen LogP contribution in [0.25, 0.3) is 6.08 Å². The van der Waals surface area contributed by atoms with E-state index in [-0.39, 0.29) is 5.97 Å². The summed E-state index contributed by atoms with van der Waals surface area (Å²) in [6.07, 6.45) is 3.28. The molecule has 2 rings (SSSR count). The largest absolute Gasteiger partial charge is 0.496 e. The number of benzene rings is 1. The van der Waals surface area contributed by atoms with E-state index in [9.17, 15) is 4.79 Å². The molecule has 0 aliphatic carbocycles. The first-order valence-corrected chi connectivity index (χ1v) is 5.27. The zero-order valence-corrected chi connectivity index (χ0v) is 9.23. The first-order valence-electron chi connectivity index (χ1n) is 5.27. The van der Waals surface area contributed by atoms with Crippen molar-refractivity contribution in [3.8, 4) is 5.75 Å². The van der Waals surface area contributed by atoms with Crippen LogP contribution in [0.2, 0.25) is 0 Å². The van der Waals surface area contributed by atoms with E-state index in [0.717, 1.165) is 23.3 Å². The van der Waals surface area contributed by atoms with Crippen molar-refractivity contribution in [1.29, 1.82) is 0 Å². The standard InChI is InChI=1S/C13H14O3/c1-15-12-5-3-2-4-11(12)8-10-6-7-13(14)16-9-10/h2-5,8H,6-7,9H2,1H3/b10-8+. The molecule has 1 aliphatic heterocycles. The molecule has 1 aromatic rings. The summed E-state index contributed by atoms with van der Waals surface area (Å²) in [6.45, 7) is 0.400. The fourth-order valence-corrected chi connectivity index (χ4v) is 1.70. The minimum absolute atomic E-state index is 0.114. The quantitative estimate of drug-likeness (QED) is 0.715. The highest BCUT2D eigenvalue weighted by Crippen LogP contribution is 2.23. The Balaban J connectivity index is 2.19. The van der Waals surface area contributed by atoms with Gasteiger partial charge in [0.25, 0.3) is 0 Å². The molecule has 0 atom stereocenters. The van der Waals surface area contributed by atoms with Crippen LogP contribution in [0.5, 0.6) is 5.75 Å². The zero-order chi connectivity index (χ0) is 11.4. The van der Waals surface area contributed by atoms with Gasteiger partial charge in [-0.2, -0.15) is 0 Å². The second-order valence-corrected chi connectivity index (χ2v) is 3.71. The number of ether oxygens (including phenoxy) is 2. The van der Waals surface area contributed by atoms with Crippen molar-refractivity contribution in [3.05, 3.63) is 35.4 Å². The van der Waals surface area contributed by atoms with Gasteiger partial charge in [0.15, 0.2) is 0 Å². The second-order valence-electron chi connectivity index (χ2n) is 3.71. The SMILES string of the molecule is COc1ccccc1/C=C1\CCC(=O)OC1. The molecule has 3 heteroatoms. The predicted octanol–water partition coefficient (Wildman–Crippen LogP) is 2.42. The summed E-state index contributed by atoms with van der Waals surface area (Å²) in [6, 6.07) is 7.80. The molecule has 0 amide bonds. The number of para-hydroxylation sites is 1. The molecule has 0 bridgehead atoms. The van der Waals surface area contributed by atoms with E-state index in [1.54, 1.807) is 7.11 Å². The van der Waals surface area contributed by atoms with Crippen molar-refractivity contribution in [2.75, 3.05) is 13.7 Å². The van der Waals surface area contributed by atoms with E-state index < -0.39 is 0 Å². The van der Waals surface area contributed by atoms with Gasteiger partial charge < -0.3 is 9.47 Å². The van der Waals surface area contributed by atoms with Crippen LogP contribution in [-0.4, -0.2) is 19.7 Å². The number of rotatable bonds is 2. The maximum absolute atomic E-state index is 10.9.